The second-order valence-corrected chi connectivity index (χ2v) is 13.9. The Morgan fingerprint density at radius 3 is 1.89 bits per heavy atom. The molecule has 0 bridgehead atoms. The highest BCUT2D eigenvalue weighted by Gasteiger charge is 2.26. The summed E-state index contributed by atoms with van der Waals surface area (Å²) < 4.78 is 10.4. The third-order valence-electron chi connectivity index (χ3n) is 9.46. The van der Waals surface area contributed by atoms with E-state index in [2.05, 4.69) is 47.0 Å². The molecule has 65 heavy (non-hydrogen) atoms. The Morgan fingerprint density at radius 1 is 0.692 bits per heavy atom. The van der Waals surface area contributed by atoms with Crippen LogP contribution in [-0.4, -0.2) is 96.6 Å². The number of ether oxygens (including phenoxy) is 2. The van der Waals surface area contributed by atoms with Crippen LogP contribution in [0.1, 0.15) is 59.6 Å². The third-order valence-corrected chi connectivity index (χ3v) is 9.46. The van der Waals surface area contributed by atoms with Gasteiger partial charge in [-0.3, -0.25) is 24.0 Å². The van der Waals surface area contributed by atoms with Crippen LogP contribution in [0.3, 0.4) is 0 Å². The van der Waals surface area contributed by atoms with Crippen molar-refractivity contribution in [2.45, 2.75) is 19.4 Å². The fourth-order valence-corrected chi connectivity index (χ4v) is 6.11. The van der Waals surface area contributed by atoms with Gasteiger partial charge in [0.1, 0.15) is 23.2 Å². The minimum Gasteiger partial charge on any atom is -0.508 e. The number of aromatic nitrogens is 4. The molecule has 0 aliphatic heterocycles. The Morgan fingerprint density at radius 2 is 1.31 bits per heavy atom. The highest BCUT2D eigenvalue weighted by Crippen LogP contribution is 2.40. The highest BCUT2D eigenvalue weighted by molar-refractivity contribution is 6.11. The van der Waals surface area contributed by atoms with Crippen LogP contribution in [0.4, 0.5) is 22.9 Å². The van der Waals surface area contributed by atoms with E-state index in [1.165, 1.54) is 86.2 Å². The van der Waals surface area contributed by atoms with Gasteiger partial charge in [0.25, 0.3) is 23.6 Å². The minimum atomic E-state index is -1.43. The number of H-pyrrole nitrogens is 1. The first-order valence-corrected chi connectivity index (χ1v) is 19.1. The van der Waals surface area contributed by atoms with Crippen LogP contribution in [-0.2, 0) is 16.0 Å². The maximum Gasteiger partial charge on any atom is 0.339 e. The molecule has 0 fully saturated rings. The van der Waals surface area contributed by atoms with E-state index in [1.807, 2.05) is 0 Å². The molecule has 0 aliphatic carbocycles. The number of pyridine rings is 1. The molecule has 21 heteroatoms. The second-order valence-electron chi connectivity index (χ2n) is 13.9. The number of anilines is 4. The molecule has 21 nitrogen and oxygen atoms in total. The van der Waals surface area contributed by atoms with E-state index in [9.17, 15) is 49.2 Å². The summed E-state index contributed by atoms with van der Waals surface area (Å²) in [4.78, 5) is 81.6. The zero-order chi connectivity index (χ0) is 46.8. The summed E-state index contributed by atoms with van der Waals surface area (Å²) in [6.07, 6.45) is 4.20. The van der Waals surface area contributed by atoms with Crippen LogP contribution in [0.25, 0.3) is 6.08 Å². The number of phenols is 3. The lowest BCUT2D eigenvalue weighted by molar-refractivity contribution is -0.118. The van der Waals surface area contributed by atoms with E-state index in [4.69, 9.17) is 9.47 Å². The number of carboxylic acid groups (broad SMARTS) is 1. The smallest absolute Gasteiger partial charge is 0.339 e. The monoisotopic (exact) mass is 885 g/mol. The van der Waals surface area contributed by atoms with Gasteiger partial charge >= 0.3 is 5.97 Å². The number of aromatic amines is 1. The predicted octanol–water partition coefficient (Wildman–Crippen LogP) is 4.56. The zero-order valence-corrected chi connectivity index (χ0v) is 34.5. The van der Waals surface area contributed by atoms with Gasteiger partial charge in [-0.1, -0.05) is 12.1 Å². The number of carbonyl (C=O) groups is 6. The average molecular weight is 886 g/mol. The largest absolute Gasteiger partial charge is 0.508 e. The van der Waals surface area contributed by atoms with E-state index < -0.39 is 58.6 Å². The maximum atomic E-state index is 13.6. The molecule has 5 amide bonds. The van der Waals surface area contributed by atoms with Gasteiger partial charge in [0.2, 0.25) is 5.91 Å². The summed E-state index contributed by atoms with van der Waals surface area (Å²) in [7, 11) is 2.36. The number of nitrogens with zero attached hydrogens (tertiary/aromatic N) is 3. The first-order valence-electron chi connectivity index (χ1n) is 19.1. The molecule has 6 rings (SSSR count). The molecule has 0 spiro atoms. The van der Waals surface area contributed by atoms with Gasteiger partial charge in [-0.2, -0.15) is 15.4 Å². The van der Waals surface area contributed by atoms with E-state index in [1.54, 1.807) is 25.1 Å². The molecule has 0 saturated heterocycles. The number of nitrogens with one attached hydrogen (secondary N) is 6. The summed E-state index contributed by atoms with van der Waals surface area (Å²) in [5.41, 5.74) is 1.03. The molecule has 2 heterocycles. The standard InChI is InChI=1S/C44H39N9O12/c1-22(18-23-4-11-28(54)12-5-23)39(57)51-34-17-8-25(20-45-34)41(59)50-33(19-27-21-46-53-52-27)43(61)47-26-9-6-24(7-10-26)40(58)48-31-15-13-29(35(55)37(31)64-2)42(60)49-32-16-14-30(44(62)63)36(56)38(32)65-3/h4-18,20-21,33,54-56H,19H2,1-3H3,(H,47,61)(H,48,58)(H,49,60)(H,50,59)(H,62,63)(H,45,51,57)(H,46,52,53)/b22-18+/t33-/m0/s1. The third kappa shape index (κ3) is 11.0. The fourth-order valence-electron chi connectivity index (χ4n) is 6.11. The number of methoxy groups -OCH3 is 2. The number of aromatic hydroxyl groups is 3. The molecular weight excluding hydrogens is 847 g/mol. The van der Waals surface area contributed by atoms with Gasteiger partial charge in [0.05, 0.1) is 48.6 Å². The number of aromatic carboxylic acids is 1. The van der Waals surface area contributed by atoms with Gasteiger partial charge in [-0.25, -0.2) is 9.78 Å². The molecule has 6 aromatic rings. The van der Waals surface area contributed by atoms with Crippen molar-refractivity contribution in [1.82, 2.24) is 25.7 Å². The Hall–Kier alpha value is -9.27. The van der Waals surface area contributed by atoms with Gasteiger partial charge < -0.3 is 56.5 Å². The minimum absolute atomic E-state index is 0.0137. The molecular formula is C44H39N9O12. The van der Waals surface area contributed by atoms with Crippen molar-refractivity contribution >= 4 is 64.5 Å². The van der Waals surface area contributed by atoms with Crippen LogP contribution in [0.15, 0.2) is 103 Å². The first-order chi connectivity index (χ1) is 31.1. The molecule has 10 N–H and O–H groups in total. The lowest BCUT2D eigenvalue weighted by atomic mass is 10.1. The average Bonchev–Trinajstić information content (AvgIpc) is 3.80. The molecule has 332 valence electrons. The van der Waals surface area contributed by atoms with Gasteiger partial charge in [0.15, 0.2) is 23.0 Å². The quantitative estimate of drug-likeness (QED) is 0.0596. The van der Waals surface area contributed by atoms with Crippen molar-refractivity contribution in [3.8, 4) is 28.7 Å². The van der Waals surface area contributed by atoms with Gasteiger partial charge in [0, 0.05) is 29.4 Å². The molecule has 0 radical (unpaired) electrons. The van der Waals surface area contributed by atoms with E-state index >= 15 is 0 Å². The van der Waals surface area contributed by atoms with Crippen molar-refractivity contribution < 1.29 is 58.7 Å². The normalized spacial score (nSPS) is 11.4. The van der Waals surface area contributed by atoms with Crippen LogP contribution in [0, 0.1) is 0 Å². The Bertz CT molecular complexity index is 2790. The van der Waals surface area contributed by atoms with Crippen molar-refractivity contribution in [3.05, 3.63) is 136 Å². The summed E-state index contributed by atoms with van der Waals surface area (Å²) >= 11 is 0. The lowest BCUT2D eigenvalue weighted by Gasteiger charge is -2.18. The summed E-state index contributed by atoms with van der Waals surface area (Å²) in [5.74, 6) is -6.40. The van der Waals surface area contributed by atoms with E-state index in [0.717, 1.165) is 13.2 Å². The number of phenolic OH excluding ortho intramolecular Hbond substituents is 2. The summed E-state index contributed by atoms with van der Waals surface area (Å²) in [6, 6.07) is 18.4. The first kappa shape index (κ1) is 45.3. The van der Waals surface area contributed by atoms with Crippen molar-refractivity contribution in [3.63, 3.8) is 0 Å². The Balaban J connectivity index is 1.08. The zero-order valence-electron chi connectivity index (χ0n) is 34.5. The van der Waals surface area contributed by atoms with Crippen LogP contribution in [0.2, 0.25) is 0 Å². The van der Waals surface area contributed by atoms with Crippen molar-refractivity contribution in [2.24, 2.45) is 0 Å². The number of hydrogen-bond acceptors (Lipinski definition) is 14. The summed E-state index contributed by atoms with van der Waals surface area (Å²) in [5, 5.41) is 63.3. The molecule has 1 atom stereocenters. The fraction of sp³-hybridized carbons (Fsp3) is 0.114. The molecule has 0 saturated carbocycles. The second kappa shape index (κ2) is 20.1. The van der Waals surface area contributed by atoms with Crippen LogP contribution < -0.4 is 36.1 Å². The van der Waals surface area contributed by atoms with Crippen LogP contribution >= 0.6 is 0 Å². The Labute approximate surface area is 368 Å². The van der Waals surface area contributed by atoms with E-state index in [0.29, 0.717) is 16.8 Å². The highest BCUT2D eigenvalue weighted by atomic mass is 16.5. The van der Waals surface area contributed by atoms with Crippen molar-refractivity contribution in [1.29, 1.82) is 0 Å². The number of carboxylic acids is 1. The van der Waals surface area contributed by atoms with Gasteiger partial charge in [-0.15, -0.1) is 0 Å². The SMILES string of the molecule is COc1c(NC(=O)c2ccc(NC(=O)c3ccc(NC(=O)[C@H](Cc4cn[nH]n4)NC(=O)c4ccc(NC(=O)/C(C)=C/c5ccc(O)cc5)nc4)cc3)c(OC)c2O)ccc(C(=O)O)c1O. The number of amides is 5. The van der Waals surface area contributed by atoms with Crippen molar-refractivity contribution in [2.75, 3.05) is 35.5 Å². The maximum absolute atomic E-state index is 13.6. The molecule has 0 unspecified atom stereocenters. The Kier molecular flexibility index (Phi) is 14.0. The number of rotatable bonds is 16. The van der Waals surface area contributed by atoms with Gasteiger partial charge in [-0.05, 0) is 91.4 Å². The number of hydrogen-bond donors (Lipinski definition) is 10. The number of carbonyl (C=O) groups excluding carboxylic acids is 5. The molecule has 0 aliphatic rings. The number of benzene rings is 4. The topological polar surface area (TPSA) is 316 Å². The molecule has 2 aromatic heterocycles. The predicted molar refractivity (Wildman–Crippen MR) is 233 cm³/mol. The molecule has 4 aromatic carbocycles. The summed E-state index contributed by atoms with van der Waals surface area (Å²) in [6.45, 7) is 1.61. The van der Waals surface area contributed by atoms with E-state index in [-0.39, 0.29) is 63.2 Å². The van der Waals surface area contributed by atoms with Crippen LogP contribution in [0.5, 0.6) is 28.7 Å². The lowest BCUT2D eigenvalue weighted by Crippen LogP contribution is -2.45.